The van der Waals surface area contributed by atoms with E-state index in [2.05, 4.69) is 0 Å². The Morgan fingerprint density at radius 1 is 0.333 bits per heavy atom. The van der Waals surface area contributed by atoms with Gasteiger partial charge >= 0.3 is 0 Å². The van der Waals surface area contributed by atoms with Crippen LogP contribution in [0.25, 0.3) is 0 Å². The van der Waals surface area contributed by atoms with Gasteiger partial charge in [-0.3, -0.25) is 0 Å². The van der Waals surface area contributed by atoms with Gasteiger partial charge in [0.2, 0.25) is 0 Å². The molecular weight excluding hydrogens is 478 g/mol. The lowest BCUT2D eigenvalue weighted by atomic mass is 9.99. The van der Waals surface area contributed by atoms with Crippen molar-refractivity contribution in [2.24, 2.45) is 0 Å². The van der Waals surface area contributed by atoms with E-state index in [0.29, 0.717) is 22.6 Å². The number of hydrogen-bond donors (Lipinski definition) is 0. The first-order valence-electron chi connectivity index (χ1n) is 16.8. The summed E-state index contributed by atoms with van der Waals surface area (Å²) in [6.07, 6.45) is 35.8. The van der Waals surface area contributed by atoms with Gasteiger partial charge in [-0.2, -0.15) is 0 Å². The molecule has 0 amide bonds. The number of hydrogen-bond acceptors (Lipinski definition) is 2. The summed E-state index contributed by atoms with van der Waals surface area (Å²) in [4.78, 5) is 0. The normalized spacial score (nSPS) is 24.8. The van der Waals surface area contributed by atoms with E-state index in [9.17, 15) is 9.13 Å². The molecule has 0 unspecified atom stereocenters. The molecule has 0 bridgehead atoms. The highest BCUT2D eigenvalue weighted by Gasteiger charge is 2.41. The Morgan fingerprint density at radius 3 is 0.806 bits per heavy atom. The smallest absolute Gasteiger partial charge is 0.0935 e. The lowest BCUT2D eigenvalue weighted by molar-refractivity contribution is 0.444. The second-order valence-corrected chi connectivity index (χ2v) is 20.7. The molecule has 0 radical (unpaired) electrons. The topological polar surface area (TPSA) is 34.1 Å². The van der Waals surface area contributed by atoms with Gasteiger partial charge in [-0.05, 0) is 64.2 Å². The second kappa shape index (κ2) is 15.3. The van der Waals surface area contributed by atoms with Crippen molar-refractivity contribution in [3.63, 3.8) is 0 Å². The molecule has 4 aliphatic rings. The Kier molecular flexibility index (Phi) is 12.5. The summed E-state index contributed by atoms with van der Waals surface area (Å²) in [5, 5.41) is 0. The van der Waals surface area contributed by atoms with Crippen LogP contribution in [-0.2, 0) is 9.13 Å². The van der Waals surface area contributed by atoms with Gasteiger partial charge in [-0.25, -0.2) is 0 Å². The number of unbranched alkanes of at least 4 members (excludes halogenated alkanes) is 5. The average Bonchev–Trinajstić information content (AvgIpc) is 2.96. The van der Waals surface area contributed by atoms with Crippen molar-refractivity contribution >= 4 is 14.3 Å². The predicted octanol–water partition coefficient (Wildman–Crippen LogP) is 11.4. The molecule has 0 saturated heterocycles. The minimum Gasteiger partial charge on any atom is -0.323 e. The van der Waals surface area contributed by atoms with Gasteiger partial charge in [0, 0.05) is 35.0 Å². The van der Waals surface area contributed by atoms with Crippen LogP contribution in [0.5, 0.6) is 0 Å². The van der Waals surface area contributed by atoms with Gasteiger partial charge in [0.05, 0.1) is 14.3 Å². The van der Waals surface area contributed by atoms with Crippen molar-refractivity contribution in [3.8, 4) is 0 Å². The summed E-state index contributed by atoms with van der Waals surface area (Å²) in [5.41, 5.74) is 2.29. The van der Waals surface area contributed by atoms with E-state index < -0.39 is 14.3 Å². The van der Waals surface area contributed by atoms with Crippen LogP contribution in [0.3, 0.4) is 0 Å². The van der Waals surface area contributed by atoms with Gasteiger partial charge in [0.1, 0.15) is 0 Å². The van der Waals surface area contributed by atoms with Crippen LogP contribution in [-0.4, -0.2) is 35.0 Å². The van der Waals surface area contributed by atoms with Gasteiger partial charge in [0.25, 0.3) is 0 Å². The summed E-state index contributed by atoms with van der Waals surface area (Å²) in [5.74, 6) is 0. The molecule has 2 nitrogen and oxygen atoms in total. The van der Waals surface area contributed by atoms with Crippen molar-refractivity contribution in [2.45, 2.75) is 190 Å². The van der Waals surface area contributed by atoms with E-state index in [0.717, 1.165) is 12.3 Å². The maximum absolute atomic E-state index is 14.4. The molecular formula is C32H60O2P2. The van der Waals surface area contributed by atoms with Gasteiger partial charge in [0.15, 0.2) is 0 Å². The van der Waals surface area contributed by atoms with Gasteiger partial charge in [-0.15, -0.1) is 0 Å². The van der Waals surface area contributed by atoms with Crippen molar-refractivity contribution in [1.29, 1.82) is 0 Å². The van der Waals surface area contributed by atoms with Gasteiger partial charge in [-0.1, -0.05) is 103 Å². The third kappa shape index (κ3) is 8.00. The first-order valence-corrected chi connectivity index (χ1v) is 20.9. The minimum atomic E-state index is -2.02. The van der Waals surface area contributed by atoms with E-state index in [1.54, 1.807) is 0 Å². The van der Waals surface area contributed by atoms with Crippen LogP contribution >= 0.6 is 14.3 Å². The van der Waals surface area contributed by atoms with E-state index in [1.807, 2.05) is 0 Å². The van der Waals surface area contributed by atoms with Crippen LogP contribution in [0, 0.1) is 0 Å². The quantitative estimate of drug-likeness (QED) is 0.173. The van der Waals surface area contributed by atoms with Crippen molar-refractivity contribution < 1.29 is 9.13 Å². The molecule has 36 heavy (non-hydrogen) atoms. The largest absolute Gasteiger partial charge is 0.323 e. The van der Waals surface area contributed by atoms with Crippen molar-refractivity contribution in [2.75, 3.05) is 12.3 Å². The summed E-state index contributed by atoms with van der Waals surface area (Å²) >= 11 is 0. The molecule has 0 N–H and O–H groups in total. The first kappa shape index (κ1) is 29.4. The second-order valence-electron chi connectivity index (χ2n) is 13.4. The zero-order valence-electron chi connectivity index (χ0n) is 23.8. The molecule has 4 saturated carbocycles. The minimum absolute atomic E-state index is 0.572. The fourth-order valence-corrected chi connectivity index (χ4v) is 17.9. The van der Waals surface area contributed by atoms with Crippen LogP contribution in [0.2, 0.25) is 0 Å². The Morgan fingerprint density at radius 2 is 0.556 bits per heavy atom. The summed E-state index contributed by atoms with van der Waals surface area (Å²) < 4.78 is 28.9. The van der Waals surface area contributed by atoms with Crippen LogP contribution < -0.4 is 0 Å². The molecule has 0 atom stereocenters. The van der Waals surface area contributed by atoms with E-state index >= 15 is 0 Å². The SMILES string of the molecule is O=P(CCCCCCCCP(=O)(C1CCCCC1)C1CCCCC1)(C1CCCCC1)C1CCCCC1. The predicted molar refractivity (Wildman–Crippen MR) is 160 cm³/mol. The maximum atomic E-state index is 14.4. The maximum Gasteiger partial charge on any atom is 0.0935 e. The standard InChI is InChI=1S/C32H60O2P2/c33-35(29-19-9-5-10-20-29,30-21-11-6-12-22-30)27-17-3-1-2-4-18-28-36(34,31-23-13-7-14-24-31)32-25-15-8-16-26-32/h29-32H,1-28H2. The summed E-state index contributed by atoms with van der Waals surface area (Å²) in [6, 6.07) is 0. The Balaban J connectivity index is 1.18. The third-order valence-electron chi connectivity index (χ3n) is 11.0. The molecule has 0 aromatic rings. The van der Waals surface area contributed by atoms with Crippen LogP contribution in [0.4, 0.5) is 0 Å². The van der Waals surface area contributed by atoms with E-state index in [-0.39, 0.29) is 0 Å². The van der Waals surface area contributed by atoms with Crippen molar-refractivity contribution in [3.05, 3.63) is 0 Å². The summed E-state index contributed by atoms with van der Waals surface area (Å²) in [7, 11) is -4.04. The zero-order valence-corrected chi connectivity index (χ0v) is 25.6. The lowest BCUT2D eigenvalue weighted by Crippen LogP contribution is -2.25. The van der Waals surface area contributed by atoms with Crippen LogP contribution in [0.1, 0.15) is 167 Å². The highest BCUT2D eigenvalue weighted by atomic mass is 31.2. The Hall–Kier alpha value is 0.460. The first-order chi connectivity index (χ1) is 17.6. The third-order valence-corrected chi connectivity index (χ3v) is 20.1. The Labute approximate surface area is 225 Å². The molecule has 0 aliphatic heterocycles. The highest BCUT2D eigenvalue weighted by molar-refractivity contribution is 7.65. The monoisotopic (exact) mass is 538 g/mol. The molecule has 4 aliphatic carbocycles. The van der Waals surface area contributed by atoms with E-state index in [1.165, 1.54) is 167 Å². The molecule has 4 heteroatoms. The molecule has 0 aromatic carbocycles. The highest BCUT2D eigenvalue weighted by Crippen LogP contribution is 2.64. The fourth-order valence-electron chi connectivity index (χ4n) is 8.82. The molecule has 4 fully saturated rings. The number of rotatable bonds is 13. The zero-order chi connectivity index (χ0) is 25.1. The summed E-state index contributed by atoms with van der Waals surface area (Å²) in [6.45, 7) is 0. The molecule has 0 aromatic heterocycles. The molecule has 4 rings (SSSR count). The molecule has 210 valence electrons. The average molecular weight is 539 g/mol. The van der Waals surface area contributed by atoms with Crippen molar-refractivity contribution in [1.82, 2.24) is 0 Å². The fraction of sp³-hybridized carbons (Fsp3) is 1.00. The van der Waals surface area contributed by atoms with E-state index in [4.69, 9.17) is 0 Å². The van der Waals surface area contributed by atoms with Gasteiger partial charge < -0.3 is 9.13 Å². The lowest BCUT2D eigenvalue weighted by Gasteiger charge is -2.38. The molecule has 0 heterocycles. The van der Waals surface area contributed by atoms with Crippen LogP contribution in [0.15, 0.2) is 0 Å². The molecule has 0 spiro atoms. The Bertz CT molecular complexity index is 591.